The van der Waals surface area contributed by atoms with Crippen LogP contribution in [0.2, 0.25) is 0 Å². The molecule has 234 valence electrons. The highest BCUT2D eigenvalue weighted by atomic mass is 31.1. The Morgan fingerprint density at radius 2 is 0.818 bits per heavy atom. The highest BCUT2D eigenvalue weighted by Crippen LogP contribution is 2.47. The van der Waals surface area contributed by atoms with Gasteiger partial charge in [-0.2, -0.15) is 0 Å². The molecule has 0 saturated heterocycles. The van der Waals surface area contributed by atoms with E-state index >= 15 is 0 Å². The van der Waals surface area contributed by atoms with Gasteiger partial charge in [0.25, 0.3) is 16.1 Å². The Kier molecular flexibility index (Phi) is 10.7. The number of hydrogen-bond acceptors (Lipinski definition) is 6. The van der Waals surface area contributed by atoms with Gasteiger partial charge in [0.15, 0.2) is 10.7 Å². The summed E-state index contributed by atoms with van der Waals surface area (Å²) in [6.45, 7) is 15.5. The first-order valence-corrected chi connectivity index (χ1v) is 17.7. The molecule has 0 N–H and O–H groups in total. The normalized spacial score (nSPS) is 15.4. The zero-order valence-electron chi connectivity index (χ0n) is 26.9. The van der Waals surface area contributed by atoms with Crippen molar-refractivity contribution < 1.29 is 27.7 Å². The van der Waals surface area contributed by atoms with Crippen molar-refractivity contribution in [3.63, 3.8) is 0 Å². The van der Waals surface area contributed by atoms with Gasteiger partial charge in [0.1, 0.15) is 23.0 Å². The lowest BCUT2D eigenvalue weighted by atomic mass is 10.1. The van der Waals surface area contributed by atoms with E-state index in [1.807, 2.05) is 140 Å². The molecule has 0 aromatic heterocycles. The van der Waals surface area contributed by atoms with E-state index in [0.29, 0.717) is 24.3 Å². The van der Waals surface area contributed by atoms with Gasteiger partial charge in [0.05, 0.1) is 0 Å². The molecule has 0 saturated carbocycles. The fourth-order valence-electron chi connectivity index (χ4n) is 4.75. The maximum Gasteiger partial charge on any atom is 0.278 e. The minimum atomic E-state index is -2.62. The number of ether oxygens (including phenoxy) is 2. The maximum atomic E-state index is 13.4. The van der Waals surface area contributed by atoms with E-state index in [1.165, 1.54) is 0 Å². The minimum absolute atomic E-state index is 0.517. The first-order chi connectivity index (χ1) is 20.9. The molecule has 0 spiro atoms. The molecule has 4 rings (SSSR count). The largest absolute Gasteiger partial charge is 0.476 e. The summed E-state index contributed by atoms with van der Waals surface area (Å²) in [4.78, 5) is 0. The summed E-state index contributed by atoms with van der Waals surface area (Å²) in [5, 5.41) is -1.90. The third-order valence-corrected chi connectivity index (χ3v) is 11.6. The van der Waals surface area contributed by atoms with E-state index in [1.54, 1.807) is 0 Å². The van der Waals surface area contributed by atoms with Crippen LogP contribution in [0.25, 0.3) is 11.1 Å². The Labute approximate surface area is 263 Å². The second-order valence-electron chi connectivity index (χ2n) is 11.6. The SMILES string of the molecule is CCC(C)(Oc1c(C)cccc1C)[PH](=O)Oc1ccc(-c2ccc(O[PH](=O)C(C)(CC)Oc3c(C)cccc3C)cc2)cc1. The predicted octanol–water partition coefficient (Wildman–Crippen LogP) is 10.7. The standard InChI is InChI=1S/C36H44O6P2/c1-9-35(7,39-33-25(3)13-11-14-26(33)4)43(37)41-31-21-17-29(18-22-31)30-19-23-32(24-20-30)42-44(38)36(8,10-2)40-34-27(5)15-12-16-28(34)6/h11-24,43-44H,9-10H2,1-8H3. The van der Waals surface area contributed by atoms with Gasteiger partial charge in [-0.1, -0.05) is 74.5 Å². The molecule has 44 heavy (non-hydrogen) atoms. The van der Waals surface area contributed by atoms with Crippen LogP contribution < -0.4 is 18.5 Å². The Balaban J connectivity index is 1.41. The second-order valence-corrected chi connectivity index (χ2v) is 15.3. The summed E-state index contributed by atoms with van der Waals surface area (Å²) in [6.07, 6.45) is 1.07. The molecule has 4 aromatic carbocycles. The lowest BCUT2D eigenvalue weighted by Gasteiger charge is -2.30. The number of aryl methyl sites for hydroxylation is 4. The number of benzene rings is 4. The lowest BCUT2D eigenvalue weighted by molar-refractivity contribution is 0.157. The first kappa shape index (κ1) is 33.4. The van der Waals surface area contributed by atoms with E-state index < -0.39 is 26.7 Å². The second kappa shape index (κ2) is 14.1. The van der Waals surface area contributed by atoms with E-state index in [9.17, 15) is 9.13 Å². The van der Waals surface area contributed by atoms with E-state index in [4.69, 9.17) is 18.5 Å². The molecular formula is C36H44O6P2. The van der Waals surface area contributed by atoms with Crippen molar-refractivity contribution in [3.05, 3.63) is 107 Å². The zero-order chi connectivity index (χ0) is 32.1. The first-order valence-electron chi connectivity index (χ1n) is 15.0. The molecule has 0 heterocycles. The summed E-state index contributed by atoms with van der Waals surface area (Å²) in [7, 11) is -5.24. The van der Waals surface area contributed by atoms with Crippen LogP contribution in [0.1, 0.15) is 62.8 Å². The average molecular weight is 635 g/mol. The highest BCUT2D eigenvalue weighted by Gasteiger charge is 2.36. The fourth-order valence-corrected chi connectivity index (χ4v) is 6.83. The Bertz CT molecular complexity index is 1470. The summed E-state index contributed by atoms with van der Waals surface area (Å²) >= 11 is 0. The Morgan fingerprint density at radius 1 is 0.523 bits per heavy atom. The molecule has 0 fully saturated rings. The monoisotopic (exact) mass is 634 g/mol. The van der Waals surface area contributed by atoms with Crippen molar-refractivity contribution >= 4 is 16.1 Å². The number of para-hydroxylation sites is 2. The van der Waals surface area contributed by atoms with Gasteiger partial charge in [-0.15, -0.1) is 0 Å². The molecular weight excluding hydrogens is 590 g/mol. The van der Waals surface area contributed by atoms with Gasteiger partial charge in [-0.25, -0.2) is 0 Å². The molecule has 0 radical (unpaired) electrons. The van der Waals surface area contributed by atoms with Crippen molar-refractivity contribution in [1.82, 2.24) is 0 Å². The van der Waals surface area contributed by atoms with Crippen molar-refractivity contribution in [2.75, 3.05) is 0 Å². The van der Waals surface area contributed by atoms with Crippen LogP contribution in [0.3, 0.4) is 0 Å². The van der Waals surface area contributed by atoms with Crippen molar-refractivity contribution in [2.24, 2.45) is 0 Å². The third-order valence-electron chi connectivity index (χ3n) is 8.15. The third kappa shape index (κ3) is 7.60. The summed E-state index contributed by atoms with van der Waals surface area (Å²) in [6, 6.07) is 26.8. The number of rotatable bonds is 13. The van der Waals surface area contributed by atoms with Gasteiger partial charge >= 0.3 is 0 Å². The van der Waals surface area contributed by atoms with E-state index in [-0.39, 0.29) is 0 Å². The summed E-state index contributed by atoms with van der Waals surface area (Å²) in [5.74, 6) is 2.53. The van der Waals surface area contributed by atoms with Crippen LogP contribution in [0.15, 0.2) is 84.9 Å². The van der Waals surface area contributed by atoms with Crippen LogP contribution >= 0.6 is 16.1 Å². The van der Waals surface area contributed by atoms with Crippen LogP contribution in [0, 0.1) is 27.7 Å². The summed E-state index contributed by atoms with van der Waals surface area (Å²) < 4.78 is 51.3. The highest BCUT2D eigenvalue weighted by molar-refractivity contribution is 7.41. The van der Waals surface area contributed by atoms with E-state index in [0.717, 1.165) is 44.9 Å². The quantitative estimate of drug-likeness (QED) is 0.136. The van der Waals surface area contributed by atoms with Gasteiger partial charge in [0, 0.05) is 0 Å². The predicted molar refractivity (Wildman–Crippen MR) is 182 cm³/mol. The van der Waals surface area contributed by atoms with Crippen LogP contribution in [-0.2, 0) is 9.13 Å². The Morgan fingerprint density at radius 3 is 1.09 bits per heavy atom. The van der Waals surface area contributed by atoms with Crippen LogP contribution in [-0.4, -0.2) is 10.7 Å². The molecule has 0 amide bonds. The molecule has 4 aromatic rings. The van der Waals surface area contributed by atoms with Crippen LogP contribution in [0.5, 0.6) is 23.0 Å². The van der Waals surface area contributed by atoms with Crippen LogP contribution in [0.4, 0.5) is 0 Å². The maximum absolute atomic E-state index is 13.4. The molecule has 8 heteroatoms. The fraction of sp³-hybridized carbons (Fsp3) is 0.333. The van der Waals surface area contributed by atoms with Gasteiger partial charge < -0.3 is 18.5 Å². The number of hydrogen-bond donors (Lipinski definition) is 0. The van der Waals surface area contributed by atoms with Gasteiger partial charge in [0.2, 0.25) is 0 Å². The molecule has 4 unspecified atom stereocenters. The lowest BCUT2D eigenvalue weighted by Crippen LogP contribution is -2.29. The molecule has 0 aliphatic heterocycles. The van der Waals surface area contributed by atoms with Gasteiger partial charge in [-0.05, 0) is 112 Å². The van der Waals surface area contributed by atoms with E-state index in [2.05, 4.69) is 0 Å². The molecule has 6 nitrogen and oxygen atoms in total. The average Bonchev–Trinajstić information content (AvgIpc) is 3.01. The van der Waals surface area contributed by atoms with Gasteiger partial charge in [-0.3, -0.25) is 9.13 Å². The molecule has 0 aliphatic rings. The topological polar surface area (TPSA) is 71.1 Å². The smallest absolute Gasteiger partial charge is 0.278 e. The molecule has 0 aliphatic carbocycles. The summed E-state index contributed by atoms with van der Waals surface area (Å²) in [5.41, 5.74) is 5.90. The molecule has 4 atom stereocenters. The van der Waals surface area contributed by atoms with Crippen molar-refractivity contribution in [3.8, 4) is 34.1 Å². The minimum Gasteiger partial charge on any atom is -0.476 e. The Hall–Kier alpha value is -3.46. The zero-order valence-corrected chi connectivity index (χ0v) is 28.9. The van der Waals surface area contributed by atoms with Crippen molar-refractivity contribution in [2.45, 2.75) is 78.9 Å². The van der Waals surface area contributed by atoms with Crippen molar-refractivity contribution in [1.29, 1.82) is 0 Å². The molecule has 0 bridgehead atoms.